The van der Waals surface area contributed by atoms with Crippen LogP contribution in [0.25, 0.3) is 0 Å². The van der Waals surface area contributed by atoms with Gasteiger partial charge in [-0.1, -0.05) is 12.1 Å². The van der Waals surface area contributed by atoms with E-state index in [9.17, 15) is 4.79 Å². The largest absolute Gasteiger partial charge is 0.497 e. The zero-order valence-electron chi connectivity index (χ0n) is 11.8. The van der Waals surface area contributed by atoms with Gasteiger partial charge in [-0.3, -0.25) is 4.79 Å². The number of carbonyl (C=O) groups is 1. The molecule has 106 valence electrons. The summed E-state index contributed by atoms with van der Waals surface area (Å²) in [5, 5.41) is 8.80. The van der Waals surface area contributed by atoms with Crippen LogP contribution in [0.2, 0.25) is 0 Å². The Kier molecular flexibility index (Phi) is 6.97. The molecule has 0 fully saturated rings. The number of methoxy groups -OCH3 is 1. The minimum absolute atomic E-state index is 0.127. The van der Waals surface area contributed by atoms with Crippen LogP contribution in [-0.4, -0.2) is 42.7 Å². The third-order valence-electron chi connectivity index (χ3n) is 3.11. The van der Waals surface area contributed by atoms with Crippen molar-refractivity contribution >= 4 is 5.91 Å². The molecule has 0 saturated heterocycles. The molecule has 0 radical (unpaired) electrons. The molecule has 0 heterocycles. The van der Waals surface area contributed by atoms with Crippen molar-refractivity contribution in [3.05, 3.63) is 29.8 Å². The van der Waals surface area contributed by atoms with E-state index >= 15 is 0 Å². The number of hydrogen-bond donors (Lipinski definition) is 1. The minimum Gasteiger partial charge on any atom is -0.497 e. The molecule has 0 atom stereocenters. The Bertz CT molecular complexity index is 375. The van der Waals surface area contributed by atoms with Crippen LogP contribution in [0.15, 0.2) is 24.3 Å². The van der Waals surface area contributed by atoms with Gasteiger partial charge in [0.25, 0.3) is 0 Å². The number of aryl methyl sites for hydroxylation is 1. The maximum atomic E-state index is 12.0. The molecule has 0 saturated carbocycles. The number of amides is 1. The Morgan fingerprint density at radius 2 is 2.00 bits per heavy atom. The summed E-state index contributed by atoms with van der Waals surface area (Å²) in [6.45, 7) is 3.42. The second-order valence-corrected chi connectivity index (χ2v) is 4.40. The van der Waals surface area contributed by atoms with Gasteiger partial charge in [-0.15, -0.1) is 0 Å². The van der Waals surface area contributed by atoms with E-state index in [1.807, 2.05) is 31.2 Å². The second-order valence-electron chi connectivity index (χ2n) is 4.40. The highest BCUT2D eigenvalue weighted by Gasteiger charge is 2.10. The van der Waals surface area contributed by atoms with Gasteiger partial charge in [-0.25, -0.2) is 0 Å². The summed E-state index contributed by atoms with van der Waals surface area (Å²) in [4.78, 5) is 13.8. The quantitative estimate of drug-likeness (QED) is 0.780. The highest BCUT2D eigenvalue weighted by molar-refractivity contribution is 5.76. The smallest absolute Gasteiger partial charge is 0.222 e. The van der Waals surface area contributed by atoms with Crippen molar-refractivity contribution in [3.8, 4) is 5.75 Å². The molecule has 1 aromatic rings. The number of hydrogen-bond acceptors (Lipinski definition) is 3. The molecule has 0 bridgehead atoms. The van der Waals surface area contributed by atoms with Gasteiger partial charge >= 0.3 is 0 Å². The predicted molar refractivity (Wildman–Crippen MR) is 75.3 cm³/mol. The van der Waals surface area contributed by atoms with Gasteiger partial charge in [-0.2, -0.15) is 0 Å². The summed E-state index contributed by atoms with van der Waals surface area (Å²) in [5.41, 5.74) is 1.13. The second kappa shape index (κ2) is 8.53. The maximum Gasteiger partial charge on any atom is 0.222 e. The normalized spacial score (nSPS) is 10.3. The molecule has 1 aromatic carbocycles. The number of carbonyl (C=O) groups excluding carboxylic acids is 1. The Morgan fingerprint density at radius 3 is 2.53 bits per heavy atom. The molecular formula is C15H23NO3. The topological polar surface area (TPSA) is 49.8 Å². The third kappa shape index (κ3) is 5.30. The molecule has 0 aromatic heterocycles. The zero-order chi connectivity index (χ0) is 14.1. The van der Waals surface area contributed by atoms with Crippen LogP contribution in [0.3, 0.4) is 0 Å². The number of rotatable bonds is 8. The summed E-state index contributed by atoms with van der Waals surface area (Å²) in [6.07, 6.45) is 1.88. The van der Waals surface area contributed by atoms with Gasteiger partial charge in [0.15, 0.2) is 0 Å². The fourth-order valence-electron chi connectivity index (χ4n) is 1.92. The lowest BCUT2D eigenvalue weighted by atomic mass is 10.1. The number of benzene rings is 1. The van der Waals surface area contributed by atoms with Crippen molar-refractivity contribution < 1.29 is 14.6 Å². The van der Waals surface area contributed by atoms with Crippen LogP contribution in [0.5, 0.6) is 5.75 Å². The Morgan fingerprint density at radius 1 is 1.32 bits per heavy atom. The Balaban J connectivity index is 2.43. The van der Waals surface area contributed by atoms with Crippen molar-refractivity contribution in [2.75, 3.05) is 26.8 Å². The van der Waals surface area contributed by atoms with Crippen LogP contribution in [-0.2, 0) is 11.2 Å². The van der Waals surface area contributed by atoms with Crippen molar-refractivity contribution in [3.63, 3.8) is 0 Å². The van der Waals surface area contributed by atoms with E-state index < -0.39 is 0 Å². The average molecular weight is 265 g/mol. The first kappa shape index (κ1) is 15.5. The molecule has 0 aliphatic rings. The number of ether oxygens (including phenoxy) is 1. The van der Waals surface area contributed by atoms with E-state index in [-0.39, 0.29) is 12.5 Å². The van der Waals surface area contributed by atoms with Gasteiger partial charge in [-0.05, 0) is 37.5 Å². The van der Waals surface area contributed by atoms with Gasteiger partial charge < -0.3 is 14.7 Å². The molecule has 4 heteroatoms. The molecule has 1 N–H and O–H groups in total. The molecule has 0 unspecified atom stereocenters. The molecule has 4 nitrogen and oxygen atoms in total. The first-order valence-electron chi connectivity index (χ1n) is 6.72. The number of nitrogens with zero attached hydrogens (tertiary/aromatic N) is 1. The van der Waals surface area contributed by atoms with Gasteiger partial charge in [0.2, 0.25) is 5.91 Å². The van der Waals surface area contributed by atoms with Gasteiger partial charge in [0.1, 0.15) is 5.75 Å². The lowest BCUT2D eigenvalue weighted by Gasteiger charge is -2.20. The fraction of sp³-hybridized carbons (Fsp3) is 0.533. The SMILES string of the molecule is CCN(CCCO)C(=O)CCc1ccc(OC)cc1. The van der Waals surface area contributed by atoms with Crippen molar-refractivity contribution in [2.45, 2.75) is 26.2 Å². The lowest BCUT2D eigenvalue weighted by molar-refractivity contribution is -0.131. The monoisotopic (exact) mass is 265 g/mol. The molecule has 19 heavy (non-hydrogen) atoms. The Hall–Kier alpha value is -1.55. The average Bonchev–Trinajstić information content (AvgIpc) is 2.46. The van der Waals surface area contributed by atoms with Crippen LogP contribution in [0.1, 0.15) is 25.3 Å². The van der Waals surface area contributed by atoms with E-state index in [0.717, 1.165) is 17.7 Å². The highest BCUT2D eigenvalue weighted by Crippen LogP contribution is 2.13. The summed E-state index contributed by atoms with van der Waals surface area (Å²) >= 11 is 0. The zero-order valence-corrected chi connectivity index (χ0v) is 11.8. The van der Waals surface area contributed by atoms with Gasteiger partial charge in [0, 0.05) is 26.1 Å². The standard InChI is InChI=1S/C15H23NO3/c1-3-16(11-4-12-17)15(18)10-7-13-5-8-14(19-2)9-6-13/h5-6,8-9,17H,3-4,7,10-12H2,1-2H3. The molecule has 0 aliphatic heterocycles. The molecule has 1 rings (SSSR count). The first-order chi connectivity index (χ1) is 9.21. The van der Waals surface area contributed by atoms with E-state index in [0.29, 0.717) is 25.9 Å². The van der Waals surface area contributed by atoms with Crippen LogP contribution in [0.4, 0.5) is 0 Å². The number of aliphatic hydroxyl groups excluding tert-OH is 1. The van der Waals surface area contributed by atoms with Gasteiger partial charge in [0.05, 0.1) is 7.11 Å². The van der Waals surface area contributed by atoms with Crippen molar-refractivity contribution in [1.29, 1.82) is 0 Å². The highest BCUT2D eigenvalue weighted by atomic mass is 16.5. The third-order valence-corrected chi connectivity index (χ3v) is 3.11. The minimum atomic E-state index is 0.127. The van der Waals surface area contributed by atoms with Crippen molar-refractivity contribution in [2.24, 2.45) is 0 Å². The first-order valence-corrected chi connectivity index (χ1v) is 6.72. The van der Waals surface area contributed by atoms with E-state index in [1.54, 1.807) is 12.0 Å². The molecule has 0 spiro atoms. The van der Waals surface area contributed by atoms with Crippen LogP contribution >= 0.6 is 0 Å². The molecule has 0 aliphatic carbocycles. The summed E-state index contributed by atoms with van der Waals surface area (Å²) < 4.78 is 5.10. The summed E-state index contributed by atoms with van der Waals surface area (Å²) in [5.74, 6) is 0.972. The Labute approximate surface area is 115 Å². The number of aliphatic hydroxyl groups is 1. The molecular weight excluding hydrogens is 242 g/mol. The lowest BCUT2D eigenvalue weighted by Crippen LogP contribution is -2.32. The van der Waals surface area contributed by atoms with E-state index in [4.69, 9.17) is 9.84 Å². The summed E-state index contributed by atoms with van der Waals surface area (Å²) in [7, 11) is 1.64. The van der Waals surface area contributed by atoms with E-state index in [1.165, 1.54) is 0 Å². The van der Waals surface area contributed by atoms with Crippen molar-refractivity contribution in [1.82, 2.24) is 4.90 Å². The molecule has 1 amide bonds. The summed E-state index contributed by atoms with van der Waals surface area (Å²) in [6, 6.07) is 7.78. The van der Waals surface area contributed by atoms with E-state index in [2.05, 4.69) is 0 Å². The predicted octanol–water partition coefficient (Wildman–Crippen LogP) is 1.86. The van der Waals surface area contributed by atoms with Crippen LogP contribution < -0.4 is 4.74 Å². The van der Waals surface area contributed by atoms with Crippen LogP contribution in [0, 0.1) is 0 Å². The fourth-order valence-corrected chi connectivity index (χ4v) is 1.92. The maximum absolute atomic E-state index is 12.0.